The molecule has 2 aromatic rings. The largest absolute Gasteiger partial charge is 0.460 e. The van der Waals surface area contributed by atoms with Crippen molar-refractivity contribution in [1.29, 1.82) is 0 Å². The van der Waals surface area contributed by atoms with Gasteiger partial charge >= 0.3 is 5.97 Å². The predicted molar refractivity (Wildman–Crippen MR) is 49.4 cm³/mol. The zero-order chi connectivity index (χ0) is 10.1. The Morgan fingerprint density at radius 2 is 2.36 bits per heavy atom. The van der Waals surface area contributed by atoms with Crippen LogP contribution in [0.5, 0.6) is 0 Å². The molecule has 2 rings (SSSR count). The van der Waals surface area contributed by atoms with Crippen molar-refractivity contribution in [2.24, 2.45) is 0 Å². The smallest absolute Gasteiger partial charge is 0.378 e. The van der Waals surface area contributed by atoms with Crippen molar-refractivity contribution >= 4 is 22.3 Å². The molecule has 0 aromatic carbocycles. The fourth-order valence-electron chi connectivity index (χ4n) is 1.04. The lowest BCUT2D eigenvalue weighted by Gasteiger charge is -1.96. The third-order valence-electron chi connectivity index (χ3n) is 1.55. The van der Waals surface area contributed by atoms with Gasteiger partial charge in [0.2, 0.25) is 4.96 Å². The second-order valence-corrected chi connectivity index (χ2v) is 3.72. The third kappa shape index (κ3) is 1.35. The monoisotopic (exact) mass is 212 g/mol. The van der Waals surface area contributed by atoms with Gasteiger partial charge in [0.15, 0.2) is 0 Å². The van der Waals surface area contributed by atoms with Crippen molar-refractivity contribution in [3.05, 3.63) is 10.8 Å². The predicted octanol–water partition coefficient (Wildman–Crippen LogP) is 0.671. The molecular weight excluding hydrogens is 204 g/mol. The molecule has 0 saturated carbocycles. The zero-order valence-electron chi connectivity index (χ0n) is 7.72. The Labute approximate surface area is 83.5 Å². The van der Waals surface area contributed by atoms with E-state index in [-0.39, 0.29) is 5.82 Å². The van der Waals surface area contributed by atoms with Crippen molar-refractivity contribution in [3.8, 4) is 0 Å². The van der Waals surface area contributed by atoms with Crippen LogP contribution in [0.25, 0.3) is 4.96 Å². The van der Waals surface area contributed by atoms with E-state index in [1.54, 1.807) is 6.92 Å². The fourth-order valence-corrected chi connectivity index (χ4v) is 1.72. The van der Waals surface area contributed by atoms with Crippen LogP contribution in [0.1, 0.15) is 22.6 Å². The number of hydrogen-bond acceptors (Lipinski definition) is 6. The highest BCUT2D eigenvalue weighted by atomic mass is 32.1. The maximum absolute atomic E-state index is 11.3. The van der Waals surface area contributed by atoms with E-state index in [4.69, 9.17) is 4.74 Å². The van der Waals surface area contributed by atoms with Gasteiger partial charge in [0.1, 0.15) is 5.01 Å². The highest BCUT2D eigenvalue weighted by Crippen LogP contribution is 2.12. The lowest BCUT2D eigenvalue weighted by atomic mass is 10.6. The maximum Gasteiger partial charge on any atom is 0.378 e. The number of hydrogen-bond donors (Lipinski definition) is 0. The first-order chi connectivity index (χ1) is 6.72. The quantitative estimate of drug-likeness (QED) is 0.684. The van der Waals surface area contributed by atoms with Crippen molar-refractivity contribution in [3.63, 3.8) is 0 Å². The SMILES string of the molecule is CCOC(=O)c1nnc2sc(C)nn12. The number of aryl methyl sites for hydroxylation is 1. The molecule has 0 aliphatic heterocycles. The second-order valence-electron chi connectivity index (χ2n) is 2.56. The zero-order valence-corrected chi connectivity index (χ0v) is 8.54. The van der Waals surface area contributed by atoms with Crippen LogP contribution in [0.3, 0.4) is 0 Å². The Balaban J connectivity index is 2.46. The Bertz CT molecular complexity index is 475. The molecule has 0 aliphatic carbocycles. The highest BCUT2D eigenvalue weighted by molar-refractivity contribution is 7.16. The first-order valence-corrected chi connectivity index (χ1v) is 4.90. The number of esters is 1. The Morgan fingerprint density at radius 1 is 1.57 bits per heavy atom. The van der Waals surface area contributed by atoms with E-state index >= 15 is 0 Å². The van der Waals surface area contributed by atoms with E-state index in [1.165, 1.54) is 15.9 Å². The van der Waals surface area contributed by atoms with Gasteiger partial charge in [-0.15, -0.1) is 10.2 Å². The molecule has 2 aromatic heterocycles. The van der Waals surface area contributed by atoms with Gasteiger partial charge in [0.25, 0.3) is 5.82 Å². The fraction of sp³-hybridized carbons (Fsp3) is 0.429. The summed E-state index contributed by atoms with van der Waals surface area (Å²) in [4.78, 5) is 12.0. The van der Waals surface area contributed by atoms with Gasteiger partial charge in [-0.05, 0) is 13.8 Å². The molecule has 0 saturated heterocycles. The van der Waals surface area contributed by atoms with Crippen LogP contribution in [-0.2, 0) is 4.74 Å². The number of carbonyl (C=O) groups excluding carboxylic acids is 1. The number of ether oxygens (including phenoxy) is 1. The van der Waals surface area contributed by atoms with Gasteiger partial charge < -0.3 is 4.74 Å². The van der Waals surface area contributed by atoms with E-state index < -0.39 is 5.97 Å². The van der Waals surface area contributed by atoms with Gasteiger partial charge in [0.05, 0.1) is 6.61 Å². The summed E-state index contributed by atoms with van der Waals surface area (Å²) in [5.41, 5.74) is 0. The minimum atomic E-state index is -0.495. The topological polar surface area (TPSA) is 69.4 Å². The van der Waals surface area contributed by atoms with Gasteiger partial charge in [-0.25, -0.2) is 4.79 Å². The van der Waals surface area contributed by atoms with Gasteiger partial charge in [0, 0.05) is 0 Å². The molecule has 0 spiro atoms. The van der Waals surface area contributed by atoms with Crippen molar-refractivity contribution in [2.45, 2.75) is 13.8 Å². The standard InChI is InChI=1S/C7H8N4O2S/c1-3-13-6(12)5-8-9-7-11(5)10-4(2)14-7/h3H2,1-2H3. The lowest BCUT2D eigenvalue weighted by molar-refractivity contribution is 0.0509. The molecule has 0 atom stereocenters. The molecule has 6 nitrogen and oxygen atoms in total. The van der Waals surface area contributed by atoms with Crippen LogP contribution in [0, 0.1) is 6.92 Å². The first-order valence-electron chi connectivity index (χ1n) is 4.08. The summed E-state index contributed by atoms with van der Waals surface area (Å²) in [7, 11) is 0. The molecule has 14 heavy (non-hydrogen) atoms. The molecule has 0 fully saturated rings. The van der Waals surface area contributed by atoms with Gasteiger partial charge in [-0.3, -0.25) is 0 Å². The summed E-state index contributed by atoms with van der Waals surface area (Å²) in [5, 5.41) is 12.4. The van der Waals surface area contributed by atoms with E-state index in [1.807, 2.05) is 6.92 Å². The van der Waals surface area contributed by atoms with E-state index in [0.717, 1.165) is 5.01 Å². The molecular formula is C7H8N4O2S. The lowest BCUT2D eigenvalue weighted by Crippen LogP contribution is -2.10. The summed E-state index contributed by atoms with van der Waals surface area (Å²) < 4.78 is 6.21. The number of aromatic nitrogens is 4. The Morgan fingerprint density at radius 3 is 3.07 bits per heavy atom. The van der Waals surface area contributed by atoms with Crippen molar-refractivity contribution < 1.29 is 9.53 Å². The summed E-state index contributed by atoms with van der Waals surface area (Å²) >= 11 is 1.38. The molecule has 0 amide bonds. The average Bonchev–Trinajstić information content (AvgIpc) is 2.62. The van der Waals surface area contributed by atoms with Crippen LogP contribution < -0.4 is 0 Å². The number of rotatable bonds is 2. The maximum atomic E-state index is 11.3. The summed E-state index contributed by atoms with van der Waals surface area (Å²) in [5.74, 6) is -0.364. The molecule has 7 heteroatoms. The molecule has 2 heterocycles. The molecule has 0 aliphatic rings. The Hall–Kier alpha value is -1.50. The van der Waals surface area contributed by atoms with E-state index in [9.17, 15) is 4.79 Å². The number of carbonyl (C=O) groups is 1. The normalized spacial score (nSPS) is 10.7. The minimum absolute atomic E-state index is 0.131. The van der Waals surface area contributed by atoms with E-state index in [0.29, 0.717) is 11.6 Å². The summed E-state index contributed by atoms with van der Waals surface area (Å²) in [6, 6.07) is 0. The second kappa shape index (κ2) is 3.33. The highest BCUT2D eigenvalue weighted by Gasteiger charge is 2.17. The molecule has 0 radical (unpaired) electrons. The van der Waals surface area contributed by atoms with Crippen LogP contribution in [0.15, 0.2) is 0 Å². The van der Waals surface area contributed by atoms with E-state index in [2.05, 4.69) is 15.3 Å². The van der Waals surface area contributed by atoms with Crippen LogP contribution in [-0.4, -0.2) is 32.4 Å². The first kappa shape index (κ1) is 9.07. The van der Waals surface area contributed by atoms with Gasteiger partial charge in [-0.1, -0.05) is 11.3 Å². The number of fused-ring (bicyclic) bond motifs is 1. The van der Waals surface area contributed by atoms with Crippen molar-refractivity contribution in [2.75, 3.05) is 6.61 Å². The average molecular weight is 212 g/mol. The molecule has 0 bridgehead atoms. The van der Waals surface area contributed by atoms with Crippen LogP contribution in [0.4, 0.5) is 0 Å². The Kier molecular flexibility index (Phi) is 2.16. The molecule has 74 valence electrons. The van der Waals surface area contributed by atoms with Crippen molar-refractivity contribution in [1.82, 2.24) is 19.8 Å². The summed E-state index contributed by atoms with van der Waals surface area (Å²) in [6.07, 6.45) is 0. The van der Waals surface area contributed by atoms with Crippen LogP contribution >= 0.6 is 11.3 Å². The minimum Gasteiger partial charge on any atom is -0.460 e. The third-order valence-corrected chi connectivity index (χ3v) is 2.36. The summed E-state index contributed by atoms with van der Waals surface area (Å²) in [6.45, 7) is 3.90. The molecule has 0 unspecified atom stereocenters. The molecule has 0 N–H and O–H groups in total. The number of nitrogens with zero attached hydrogens (tertiary/aromatic N) is 4. The van der Waals surface area contributed by atoms with Gasteiger partial charge in [-0.2, -0.15) is 9.61 Å². The van der Waals surface area contributed by atoms with Crippen LogP contribution in [0.2, 0.25) is 0 Å².